The molecule has 0 spiro atoms. The molecule has 0 aliphatic heterocycles. The van der Waals surface area contributed by atoms with Gasteiger partial charge in [-0.1, -0.05) is 6.08 Å². The molecule has 11 heavy (non-hydrogen) atoms. The van der Waals surface area contributed by atoms with Gasteiger partial charge in [0.05, 0.1) is 0 Å². The smallest absolute Gasteiger partial charge is 0.101 e. The Morgan fingerprint density at radius 2 is 2.27 bits per heavy atom. The van der Waals surface area contributed by atoms with Gasteiger partial charge >= 0.3 is 0 Å². The van der Waals surface area contributed by atoms with Crippen molar-refractivity contribution in [1.29, 1.82) is 0 Å². The molecule has 0 saturated heterocycles. The molecule has 1 rings (SSSR count). The number of hydrogen-bond acceptors (Lipinski definition) is 2. The molecule has 1 aliphatic rings. The Labute approximate surface area is 66.4 Å². The molecule has 0 bridgehead atoms. The maximum atomic E-state index is 12.9. The van der Waals surface area contributed by atoms with Gasteiger partial charge in [-0.3, -0.25) is 0 Å². The van der Waals surface area contributed by atoms with Crippen LogP contribution in [0.25, 0.3) is 0 Å². The van der Waals surface area contributed by atoms with E-state index < -0.39 is 6.17 Å². The van der Waals surface area contributed by atoms with Crippen molar-refractivity contribution in [2.75, 3.05) is 6.54 Å². The van der Waals surface area contributed by atoms with Crippen LogP contribution in [0.1, 0.15) is 13.3 Å². The fourth-order valence-corrected chi connectivity index (χ4v) is 1.42. The number of hydrogen-bond donors (Lipinski definition) is 2. The molecule has 3 atom stereocenters. The van der Waals surface area contributed by atoms with E-state index in [1.54, 1.807) is 6.92 Å². The zero-order valence-corrected chi connectivity index (χ0v) is 6.76. The first kappa shape index (κ1) is 8.53. The lowest BCUT2D eigenvalue weighted by Gasteiger charge is -2.16. The van der Waals surface area contributed by atoms with Crippen molar-refractivity contribution < 1.29 is 4.39 Å². The Hall–Kier alpha value is -0.570. The largest absolute Gasteiger partial charge is 0.402 e. The zero-order valence-electron chi connectivity index (χ0n) is 6.76. The Morgan fingerprint density at radius 3 is 2.55 bits per heavy atom. The molecule has 0 heterocycles. The van der Waals surface area contributed by atoms with E-state index in [-0.39, 0.29) is 11.8 Å². The van der Waals surface area contributed by atoms with E-state index in [0.717, 1.165) is 12.1 Å². The number of rotatable bonds is 4. The van der Waals surface area contributed by atoms with Crippen LogP contribution in [0.15, 0.2) is 11.8 Å². The number of nitrogens with two attached hydrogens (primary N) is 2. The van der Waals surface area contributed by atoms with E-state index in [1.807, 2.05) is 6.08 Å². The Bertz CT molecular complexity index is 165. The molecule has 0 radical (unpaired) electrons. The SMILES string of the molecule is C[C@@H](F)[C@H](CCN)[C@H]1C=C1N. The first-order valence-electron chi connectivity index (χ1n) is 3.98. The fourth-order valence-electron chi connectivity index (χ4n) is 1.42. The molecular weight excluding hydrogens is 143 g/mol. The minimum absolute atomic E-state index is 0.0139. The number of allylic oxidation sites excluding steroid dienone is 2. The molecule has 0 aromatic carbocycles. The molecule has 0 aromatic heterocycles. The van der Waals surface area contributed by atoms with Gasteiger partial charge in [0.1, 0.15) is 6.17 Å². The van der Waals surface area contributed by atoms with Crippen molar-refractivity contribution in [1.82, 2.24) is 0 Å². The van der Waals surface area contributed by atoms with Gasteiger partial charge in [0, 0.05) is 17.5 Å². The Balaban J connectivity index is 2.35. The normalized spacial score (nSPS) is 27.5. The molecule has 3 heteroatoms. The second-order valence-corrected chi connectivity index (χ2v) is 3.11. The van der Waals surface area contributed by atoms with Gasteiger partial charge in [-0.05, 0) is 19.9 Å². The monoisotopic (exact) mass is 158 g/mol. The van der Waals surface area contributed by atoms with E-state index in [4.69, 9.17) is 11.5 Å². The average molecular weight is 158 g/mol. The van der Waals surface area contributed by atoms with Gasteiger partial charge < -0.3 is 11.5 Å². The standard InChI is InChI=1S/C8H15FN2/c1-5(9)6(2-3-10)7-4-8(7)11/h4-7H,2-3,10-11H2,1H3/t5-,6+,7-/m1/s1. The molecule has 64 valence electrons. The molecular formula is C8H15FN2. The summed E-state index contributed by atoms with van der Waals surface area (Å²) in [7, 11) is 0. The summed E-state index contributed by atoms with van der Waals surface area (Å²) in [6, 6.07) is 0. The summed E-state index contributed by atoms with van der Waals surface area (Å²) >= 11 is 0. The van der Waals surface area contributed by atoms with Crippen LogP contribution in [0.3, 0.4) is 0 Å². The minimum Gasteiger partial charge on any atom is -0.402 e. The molecule has 0 unspecified atom stereocenters. The highest BCUT2D eigenvalue weighted by Gasteiger charge is 2.34. The van der Waals surface area contributed by atoms with Crippen molar-refractivity contribution in [3.05, 3.63) is 11.8 Å². The summed E-state index contributed by atoms with van der Waals surface area (Å²) in [6.45, 7) is 2.11. The van der Waals surface area contributed by atoms with Crippen LogP contribution >= 0.6 is 0 Å². The lowest BCUT2D eigenvalue weighted by Crippen LogP contribution is -2.21. The number of alkyl halides is 1. The third kappa shape index (κ3) is 1.93. The lowest BCUT2D eigenvalue weighted by atomic mass is 9.93. The fraction of sp³-hybridized carbons (Fsp3) is 0.750. The van der Waals surface area contributed by atoms with Crippen LogP contribution in [0.2, 0.25) is 0 Å². The molecule has 0 amide bonds. The maximum Gasteiger partial charge on any atom is 0.101 e. The van der Waals surface area contributed by atoms with E-state index in [1.165, 1.54) is 0 Å². The topological polar surface area (TPSA) is 52.0 Å². The van der Waals surface area contributed by atoms with Gasteiger partial charge in [-0.2, -0.15) is 0 Å². The molecule has 2 nitrogen and oxygen atoms in total. The van der Waals surface area contributed by atoms with Crippen molar-refractivity contribution in [3.63, 3.8) is 0 Å². The average Bonchev–Trinajstić information content (AvgIpc) is 2.61. The first-order chi connectivity index (χ1) is 5.16. The number of halogens is 1. The van der Waals surface area contributed by atoms with Gasteiger partial charge in [0.25, 0.3) is 0 Å². The van der Waals surface area contributed by atoms with Crippen molar-refractivity contribution >= 4 is 0 Å². The van der Waals surface area contributed by atoms with Crippen molar-refractivity contribution in [2.45, 2.75) is 19.5 Å². The summed E-state index contributed by atoms with van der Waals surface area (Å²) in [5, 5.41) is 0. The van der Waals surface area contributed by atoms with Crippen molar-refractivity contribution in [2.24, 2.45) is 23.3 Å². The predicted molar refractivity (Wildman–Crippen MR) is 43.5 cm³/mol. The second kappa shape index (κ2) is 3.22. The Kier molecular flexibility index (Phi) is 2.49. The highest BCUT2D eigenvalue weighted by Crippen LogP contribution is 2.36. The molecule has 4 N–H and O–H groups in total. The van der Waals surface area contributed by atoms with E-state index >= 15 is 0 Å². The van der Waals surface area contributed by atoms with Gasteiger partial charge in [-0.15, -0.1) is 0 Å². The summed E-state index contributed by atoms with van der Waals surface area (Å²) < 4.78 is 12.9. The highest BCUT2D eigenvalue weighted by atomic mass is 19.1. The van der Waals surface area contributed by atoms with Crippen LogP contribution < -0.4 is 11.5 Å². The van der Waals surface area contributed by atoms with E-state index in [0.29, 0.717) is 6.54 Å². The van der Waals surface area contributed by atoms with E-state index in [2.05, 4.69) is 0 Å². The lowest BCUT2D eigenvalue weighted by molar-refractivity contribution is 0.222. The third-order valence-electron chi connectivity index (χ3n) is 2.20. The van der Waals surface area contributed by atoms with Gasteiger partial charge in [0.15, 0.2) is 0 Å². The quantitative estimate of drug-likeness (QED) is 0.635. The third-order valence-corrected chi connectivity index (χ3v) is 2.20. The summed E-state index contributed by atoms with van der Waals surface area (Å²) in [4.78, 5) is 0. The summed E-state index contributed by atoms with van der Waals surface area (Å²) in [5.41, 5.74) is 11.7. The maximum absolute atomic E-state index is 12.9. The van der Waals surface area contributed by atoms with Crippen molar-refractivity contribution in [3.8, 4) is 0 Å². The second-order valence-electron chi connectivity index (χ2n) is 3.11. The van der Waals surface area contributed by atoms with Crippen LogP contribution in [-0.2, 0) is 0 Å². The summed E-state index contributed by atoms with van der Waals surface area (Å²) in [5.74, 6) is 0.207. The van der Waals surface area contributed by atoms with Crippen LogP contribution in [0.5, 0.6) is 0 Å². The minimum atomic E-state index is -0.805. The Morgan fingerprint density at radius 1 is 1.73 bits per heavy atom. The van der Waals surface area contributed by atoms with Crippen LogP contribution in [-0.4, -0.2) is 12.7 Å². The van der Waals surface area contributed by atoms with Crippen LogP contribution in [0, 0.1) is 11.8 Å². The first-order valence-corrected chi connectivity index (χ1v) is 3.98. The molecule has 0 aromatic rings. The summed E-state index contributed by atoms with van der Waals surface area (Å²) in [6.07, 6.45) is 1.82. The van der Waals surface area contributed by atoms with Crippen LogP contribution in [0.4, 0.5) is 4.39 Å². The van der Waals surface area contributed by atoms with E-state index in [9.17, 15) is 4.39 Å². The zero-order chi connectivity index (χ0) is 8.43. The molecule has 0 saturated carbocycles. The van der Waals surface area contributed by atoms with Gasteiger partial charge in [0.2, 0.25) is 0 Å². The molecule has 0 fully saturated rings. The predicted octanol–water partition coefficient (Wildman–Crippen LogP) is 0.782. The molecule has 1 aliphatic carbocycles. The highest BCUT2D eigenvalue weighted by molar-refractivity contribution is 5.27. The van der Waals surface area contributed by atoms with Gasteiger partial charge in [-0.25, -0.2) is 4.39 Å².